The Kier molecular flexibility index (Phi) is 5.26. The molecule has 0 fully saturated rings. The van der Waals surface area contributed by atoms with E-state index in [2.05, 4.69) is 20.6 Å². The number of hydrogen-bond donors (Lipinski definition) is 2. The van der Waals surface area contributed by atoms with Gasteiger partial charge in [-0.2, -0.15) is 0 Å². The molecule has 0 saturated carbocycles. The fraction of sp³-hybridized carbons (Fsp3) is 0.312. The molecule has 0 aliphatic rings. The molecule has 0 radical (unpaired) electrons. The predicted molar refractivity (Wildman–Crippen MR) is 83.4 cm³/mol. The monoisotopic (exact) mass is 284 g/mol. The molecule has 0 aliphatic heterocycles. The third-order valence-electron chi connectivity index (χ3n) is 3.15. The smallest absolute Gasteiger partial charge is 0.251 e. The van der Waals surface area contributed by atoms with Crippen LogP contribution in [0.15, 0.2) is 36.5 Å². The number of aryl methyl sites for hydroxylation is 1. The van der Waals surface area contributed by atoms with E-state index in [0.717, 1.165) is 24.2 Å². The zero-order chi connectivity index (χ0) is 15.1. The maximum absolute atomic E-state index is 12.2. The van der Waals surface area contributed by atoms with Gasteiger partial charge in [-0.05, 0) is 30.7 Å². The summed E-state index contributed by atoms with van der Waals surface area (Å²) in [6.45, 7) is 2.58. The first-order valence-corrected chi connectivity index (χ1v) is 7.09. The number of nitrogens with zero attached hydrogens (tertiary/aromatic N) is 2. The Morgan fingerprint density at radius 3 is 2.76 bits per heavy atom. The number of rotatable bonds is 6. The van der Waals surface area contributed by atoms with Crippen LogP contribution in [-0.4, -0.2) is 29.5 Å². The van der Waals surface area contributed by atoms with Crippen molar-refractivity contribution in [3.63, 3.8) is 0 Å². The molecule has 0 unspecified atom stereocenters. The zero-order valence-electron chi connectivity index (χ0n) is 12.4. The van der Waals surface area contributed by atoms with Crippen LogP contribution in [0.4, 0.5) is 5.82 Å². The van der Waals surface area contributed by atoms with Crippen LogP contribution in [0.5, 0.6) is 0 Å². The summed E-state index contributed by atoms with van der Waals surface area (Å²) < 4.78 is 0. The summed E-state index contributed by atoms with van der Waals surface area (Å²) in [4.78, 5) is 20.8. The Morgan fingerprint density at radius 1 is 1.24 bits per heavy atom. The highest BCUT2D eigenvalue weighted by Gasteiger charge is 2.08. The topological polar surface area (TPSA) is 66.9 Å². The van der Waals surface area contributed by atoms with Crippen molar-refractivity contribution in [1.82, 2.24) is 15.3 Å². The molecular formula is C16H20N4O. The van der Waals surface area contributed by atoms with Crippen LogP contribution in [-0.2, 0) is 12.8 Å². The minimum absolute atomic E-state index is 0.0838. The molecule has 0 bridgehead atoms. The Morgan fingerprint density at radius 2 is 2.10 bits per heavy atom. The predicted octanol–water partition coefficient (Wildman–Crippen LogP) is 2.05. The summed E-state index contributed by atoms with van der Waals surface area (Å²) in [5.74, 6) is 0.628. The van der Waals surface area contributed by atoms with E-state index in [-0.39, 0.29) is 5.91 Å². The van der Waals surface area contributed by atoms with E-state index in [1.807, 2.05) is 31.2 Å². The molecule has 2 heterocycles. The number of nitrogens with one attached hydrogen (secondary N) is 2. The molecule has 0 aliphatic carbocycles. The van der Waals surface area contributed by atoms with Gasteiger partial charge in [-0.15, -0.1) is 0 Å². The van der Waals surface area contributed by atoms with Gasteiger partial charge in [0.15, 0.2) is 0 Å². The zero-order valence-corrected chi connectivity index (χ0v) is 12.4. The van der Waals surface area contributed by atoms with E-state index in [0.29, 0.717) is 17.9 Å². The third-order valence-corrected chi connectivity index (χ3v) is 3.15. The lowest BCUT2D eigenvalue weighted by Gasteiger charge is -2.08. The Balaban J connectivity index is 1.97. The van der Waals surface area contributed by atoms with Gasteiger partial charge in [-0.25, -0.2) is 4.98 Å². The van der Waals surface area contributed by atoms with E-state index < -0.39 is 0 Å². The number of pyridine rings is 2. The van der Waals surface area contributed by atoms with Crippen LogP contribution in [0.25, 0.3) is 0 Å². The molecule has 2 aromatic heterocycles. The van der Waals surface area contributed by atoms with Crippen molar-refractivity contribution in [2.45, 2.75) is 19.8 Å². The highest BCUT2D eigenvalue weighted by Crippen LogP contribution is 2.10. The number of anilines is 1. The lowest BCUT2D eigenvalue weighted by Crippen LogP contribution is -2.26. The van der Waals surface area contributed by atoms with Crippen molar-refractivity contribution < 1.29 is 4.79 Å². The van der Waals surface area contributed by atoms with Crippen molar-refractivity contribution >= 4 is 11.7 Å². The maximum atomic E-state index is 12.2. The molecule has 0 atom stereocenters. The van der Waals surface area contributed by atoms with Crippen LogP contribution in [0.2, 0.25) is 0 Å². The average Bonchev–Trinajstić information content (AvgIpc) is 2.55. The fourth-order valence-electron chi connectivity index (χ4n) is 1.98. The maximum Gasteiger partial charge on any atom is 0.251 e. The summed E-state index contributed by atoms with van der Waals surface area (Å²) in [6, 6.07) is 9.36. The molecule has 2 rings (SSSR count). The fourth-order valence-corrected chi connectivity index (χ4v) is 1.98. The average molecular weight is 284 g/mol. The van der Waals surface area contributed by atoms with Gasteiger partial charge in [0.2, 0.25) is 0 Å². The van der Waals surface area contributed by atoms with E-state index in [4.69, 9.17) is 0 Å². The first kappa shape index (κ1) is 15.0. The quantitative estimate of drug-likeness (QED) is 0.852. The van der Waals surface area contributed by atoms with E-state index >= 15 is 0 Å². The lowest BCUT2D eigenvalue weighted by atomic mass is 10.1. The Hall–Kier alpha value is -2.43. The number of hydrogen-bond acceptors (Lipinski definition) is 4. The molecule has 5 nitrogen and oxygen atoms in total. The minimum Gasteiger partial charge on any atom is -0.373 e. The molecule has 5 heteroatoms. The number of carbonyl (C=O) groups excluding carboxylic acids is 1. The Labute approximate surface area is 124 Å². The molecular weight excluding hydrogens is 264 g/mol. The SMILES string of the molecule is CCc1cc(C(=O)NCCc2ccccn2)cc(NC)n1. The third kappa shape index (κ3) is 4.27. The van der Waals surface area contributed by atoms with Crippen molar-refractivity contribution in [2.24, 2.45) is 0 Å². The summed E-state index contributed by atoms with van der Waals surface area (Å²) in [7, 11) is 1.80. The summed E-state index contributed by atoms with van der Waals surface area (Å²) in [6.07, 6.45) is 3.27. The van der Waals surface area contributed by atoms with Gasteiger partial charge in [0.25, 0.3) is 5.91 Å². The van der Waals surface area contributed by atoms with Crippen molar-refractivity contribution in [3.8, 4) is 0 Å². The van der Waals surface area contributed by atoms with Gasteiger partial charge in [-0.1, -0.05) is 13.0 Å². The molecule has 2 aromatic rings. The summed E-state index contributed by atoms with van der Waals surface area (Å²) in [5.41, 5.74) is 2.50. The second-order valence-corrected chi connectivity index (χ2v) is 4.66. The van der Waals surface area contributed by atoms with E-state index in [1.54, 1.807) is 19.3 Å². The highest BCUT2D eigenvalue weighted by molar-refractivity contribution is 5.95. The number of carbonyl (C=O) groups is 1. The van der Waals surface area contributed by atoms with Crippen molar-refractivity contribution in [3.05, 3.63) is 53.5 Å². The molecule has 110 valence electrons. The minimum atomic E-state index is -0.0838. The lowest BCUT2D eigenvalue weighted by molar-refractivity contribution is 0.0954. The van der Waals surface area contributed by atoms with Crippen molar-refractivity contribution in [2.75, 3.05) is 18.9 Å². The van der Waals surface area contributed by atoms with Gasteiger partial charge in [0, 0.05) is 43.2 Å². The Bertz CT molecular complexity index is 576. The van der Waals surface area contributed by atoms with Crippen LogP contribution >= 0.6 is 0 Å². The molecule has 0 spiro atoms. The first-order chi connectivity index (χ1) is 10.2. The van der Waals surface area contributed by atoms with E-state index in [1.165, 1.54) is 0 Å². The largest absolute Gasteiger partial charge is 0.373 e. The van der Waals surface area contributed by atoms with Crippen LogP contribution in [0, 0.1) is 0 Å². The van der Waals surface area contributed by atoms with Gasteiger partial charge in [-0.3, -0.25) is 9.78 Å². The van der Waals surface area contributed by atoms with Crippen LogP contribution in [0.3, 0.4) is 0 Å². The molecule has 0 saturated heterocycles. The second-order valence-electron chi connectivity index (χ2n) is 4.66. The molecule has 21 heavy (non-hydrogen) atoms. The molecule has 0 aromatic carbocycles. The highest BCUT2D eigenvalue weighted by atomic mass is 16.1. The molecule has 1 amide bonds. The van der Waals surface area contributed by atoms with Gasteiger partial charge in [0.05, 0.1) is 0 Å². The summed E-state index contributed by atoms with van der Waals surface area (Å²) in [5, 5.41) is 5.89. The summed E-state index contributed by atoms with van der Waals surface area (Å²) >= 11 is 0. The number of aromatic nitrogens is 2. The van der Waals surface area contributed by atoms with E-state index in [9.17, 15) is 4.79 Å². The van der Waals surface area contributed by atoms with Crippen LogP contribution in [0.1, 0.15) is 28.7 Å². The number of amides is 1. The first-order valence-electron chi connectivity index (χ1n) is 7.09. The standard InChI is InChI=1S/C16H20N4O/c1-3-13-10-12(11-15(17-2)20-13)16(21)19-9-7-14-6-4-5-8-18-14/h4-6,8,10-11H,3,7,9H2,1-2H3,(H,17,20)(H,19,21). The van der Waals surface area contributed by atoms with Gasteiger partial charge in [0.1, 0.15) is 5.82 Å². The van der Waals surface area contributed by atoms with Gasteiger partial charge < -0.3 is 10.6 Å². The molecule has 2 N–H and O–H groups in total. The van der Waals surface area contributed by atoms with Crippen molar-refractivity contribution in [1.29, 1.82) is 0 Å². The van der Waals surface area contributed by atoms with Gasteiger partial charge >= 0.3 is 0 Å². The second kappa shape index (κ2) is 7.38. The van der Waals surface area contributed by atoms with Crippen LogP contribution < -0.4 is 10.6 Å². The normalized spacial score (nSPS) is 10.2.